The number of hydrogen-bond acceptors (Lipinski definition) is 7. The minimum absolute atomic E-state index is 0.0467. The highest BCUT2D eigenvalue weighted by atomic mass is 32.2. The molecule has 0 saturated carbocycles. The zero-order valence-corrected chi connectivity index (χ0v) is 19.5. The first-order chi connectivity index (χ1) is 17.0. The number of carbonyl (C=O) groups is 2. The minimum atomic E-state index is -0.360. The van der Waals surface area contributed by atoms with Crippen LogP contribution in [0.2, 0.25) is 0 Å². The molecule has 8 nitrogen and oxygen atoms in total. The fourth-order valence-corrected chi connectivity index (χ4v) is 3.57. The highest BCUT2D eigenvalue weighted by molar-refractivity contribution is 7.99. The Morgan fingerprint density at radius 1 is 0.914 bits per heavy atom. The Labute approximate surface area is 204 Å². The Kier molecular flexibility index (Phi) is 7.74. The molecule has 0 spiro atoms. The van der Waals surface area contributed by atoms with Crippen LogP contribution < -0.4 is 15.4 Å². The van der Waals surface area contributed by atoms with E-state index in [4.69, 9.17) is 9.15 Å². The van der Waals surface area contributed by atoms with Gasteiger partial charge in [-0.15, -0.1) is 10.2 Å². The van der Waals surface area contributed by atoms with Gasteiger partial charge in [0, 0.05) is 22.5 Å². The van der Waals surface area contributed by atoms with E-state index in [2.05, 4.69) is 20.8 Å². The van der Waals surface area contributed by atoms with Gasteiger partial charge >= 0.3 is 0 Å². The molecule has 0 radical (unpaired) electrons. The van der Waals surface area contributed by atoms with Crippen LogP contribution in [0.1, 0.15) is 17.3 Å². The van der Waals surface area contributed by atoms with Crippen LogP contribution in [0.15, 0.2) is 82.4 Å². The zero-order valence-electron chi connectivity index (χ0n) is 18.7. The van der Waals surface area contributed by atoms with Gasteiger partial charge in [-0.1, -0.05) is 11.8 Å². The monoisotopic (exact) mass is 492 g/mol. The first-order valence-corrected chi connectivity index (χ1v) is 11.6. The van der Waals surface area contributed by atoms with Gasteiger partial charge in [0.25, 0.3) is 11.1 Å². The number of thioether (sulfide) groups is 1. The van der Waals surface area contributed by atoms with E-state index in [1.807, 2.05) is 6.92 Å². The SMILES string of the molecule is CCOc1ccc(NC(=O)c2ccc(NC(=O)CSc3nnc(-c4ccc(F)cc4)o3)cc2)cc1. The molecule has 0 fully saturated rings. The third kappa shape index (κ3) is 6.67. The molecule has 0 atom stereocenters. The van der Waals surface area contributed by atoms with Gasteiger partial charge < -0.3 is 19.8 Å². The molecule has 0 bridgehead atoms. The minimum Gasteiger partial charge on any atom is -0.494 e. The van der Waals surface area contributed by atoms with Gasteiger partial charge in [-0.2, -0.15) is 0 Å². The van der Waals surface area contributed by atoms with E-state index in [1.54, 1.807) is 48.5 Å². The summed E-state index contributed by atoms with van der Waals surface area (Å²) in [5.74, 6) is 0.119. The van der Waals surface area contributed by atoms with Crippen molar-refractivity contribution in [2.24, 2.45) is 0 Å². The van der Waals surface area contributed by atoms with Crippen molar-refractivity contribution >= 4 is 35.0 Å². The predicted octanol–water partition coefficient (Wildman–Crippen LogP) is 5.26. The van der Waals surface area contributed by atoms with Crippen molar-refractivity contribution in [2.45, 2.75) is 12.1 Å². The summed E-state index contributed by atoms with van der Waals surface area (Å²) in [4.78, 5) is 24.7. The van der Waals surface area contributed by atoms with Crippen LogP contribution in [0.25, 0.3) is 11.5 Å². The molecule has 2 N–H and O–H groups in total. The van der Waals surface area contributed by atoms with E-state index in [0.29, 0.717) is 29.1 Å². The fraction of sp³-hybridized carbons (Fsp3) is 0.120. The summed E-state index contributed by atoms with van der Waals surface area (Å²) in [5, 5.41) is 13.6. The summed E-state index contributed by atoms with van der Waals surface area (Å²) in [6, 6.07) is 19.3. The Morgan fingerprint density at radius 2 is 1.57 bits per heavy atom. The van der Waals surface area contributed by atoms with E-state index in [9.17, 15) is 14.0 Å². The zero-order chi connectivity index (χ0) is 24.6. The second-order valence-corrected chi connectivity index (χ2v) is 8.13. The molecule has 1 heterocycles. The number of hydrogen-bond donors (Lipinski definition) is 2. The number of halogens is 1. The van der Waals surface area contributed by atoms with Gasteiger partial charge in [-0.05, 0) is 79.7 Å². The van der Waals surface area contributed by atoms with Crippen molar-refractivity contribution in [1.82, 2.24) is 10.2 Å². The normalized spacial score (nSPS) is 10.6. The van der Waals surface area contributed by atoms with Crippen molar-refractivity contribution < 1.29 is 23.1 Å². The van der Waals surface area contributed by atoms with Crippen molar-refractivity contribution in [3.8, 4) is 17.2 Å². The Morgan fingerprint density at radius 3 is 2.26 bits per heavy atom. The van der Waals surface area contributed by atoms with Gasteiger partial charge in [-0.3, -0.25) is 9.59 Å². The lowest BCUT2D eigenvalue weighted by atomic mass is 10.2. The average molecular weight is 493 g/mol. The summed E-state index contributed by atoms with van der Waals surface area (Å²) in [6.45, 7) is 2.48. The Bertz CT molecular complexity index is 1290. The Balaban J connectivity index is 1.26. The first kappa shape index (κ1) is 24.0. The number of rotatable bonds is 9. The maximum atomic E-state index is 13.0. The molecule has 0 aliphatic rings. The van der Waals surface area contributed by atoms with Crippen LogP contribution in [0.3, 0.4) is 0 Å². The summed E-state index contributed by atoms with van der Waals surface area (Å²) in [6.07, 6.45) is 0. The molecule has 4 aromatic rings. The van der Waals surface area contributed by atoms with Gasteiger partial charge in [0.15, 0.2) is 0 Å². The molecule has 1 aromatic heterocycles. The summed E-state index contributed by atoms with van der Waals surface area (Å²) in [7, 11) is 0. The van der Waals surface area contributed by atoms with Gasteiger partial charge in [0.1, 0.15) is 11.6 Å². The van der Waals surface area contributed by atoms with Gasteiger partial charge in [0.2, 0.25) is 11.8 Å². The molecule has 2 amide bonds. The number of aromatic nitrogens is 2. The van der Waals surface area contributed by atoms with E-state index < -0.39 is 0 Å². The third-order valence-electron chi connectivity index (χ3n) is 4.68. The molecule has 10 heteroatoms. The summed E-state index contributed by atoms with van der Waals surface area (Å²) in [5.41, 5.74) is 2.23. The highest BCUT2D eigenvalue weighted by Gasteiger charge is 2.12. The number of amides is 2. The van der Waals surface area contributed by atoms with Crippen LogP contribution in [0.4, 0.5) is 15.8 Å². The second kappa shape index (κ2) is 11.3. The molecule has 0 aliphatic heterocycles. The molecule has 0 aliphatic carbocycles. The quantitative estimate of drug-likeness (QED) is 0.307. The number of benzene rings is 3. The van der Waals surface area contributed by atoms with Crippen molar-refractivity contribution in [2.75, 3.05) is 23.0 Å². The van der Waals surface area contributed by atoms with Crippen LogP contribution >= 0.6 is 11.8 Å². The van der Waals surface area contributed by atoms with Crippen LogP contribution in [0, 0.1) is 5.82 Å². The van der Waals surface area contributed by atoms with E-state index in [1.165, 1.54) is 24.3 Å². The lowest BCUT2D eigenvalue weighted by Crippen LogP contribution is -2.15. The lowest BCUT2D eigenvalue weighted by Gasteiger charge is -2.08. The van der Waals surface area contributed by atoms with Gasteiger partial charge in [0.05, 0.1) is 12.4 Å². The van der Waals surface area contributed by atoms with Crippen LogP contribution in [-0.4, -0.2) is 34.4 Å². The summed E-state index contributed by atoms with van der Waals surface area (Å²) >= 11 is 1.08. The van der Waals surface area contributed by atoms with Crippen LogP contribution in [-0.2, 0) is 4.79 Å². The van der Waals surface area contributed by atoms with Crippen molar-refractivity contribution in [3.05, 3.63) is 84.2 Å². The molecular formula is C25H21FN4O4S. The van der Waals surface area contributed by atoms with E-state index in [-0.39, 0.29) is 34.5 Å². The van der Waals surface area contributed by atoms with Crippen molar-refractivity contribution in [3.63, 3.8) is 0 Å². The summed E-state index contributed by atoms with van der Waals surface area (Å²) < 4.78 is 23.9. The first-order valence-electron chi connectivity index (χ1n) is 10.7. The second-order valence-electron chi connectivity index (χ2n) is 7.21. The maximum absolute atomic E-state index is 13.0. The molecule has 3 aromatic carbocycles. The molecule has 0 saturated heterocycles. The molecule has 4 rings (SSSR count). The maximum Gasteiger partial charge on any atom is 0.277 e. The fourth-order valence-electron chi connectivity index (χ4n) is 3.01. The number of nitrogens with zero attached hydrogens (tertiary/aromatic N) is 2. The largest absolute Gasteiger partial charge is 0.494 e. The highest BCUT2D eigenvalue weighted by Crippen LogP contribution is 2.23. The topological polar surface area (TPSA) is 106 Å². The number of ether oxygens (including phenoxy) is 1. The lowest BCUT2D eigenvalue weighted by molar-refractivity contribution is -0.113. The van der Waals surface area contributed by atoms with Gasteiger partial charge in [-0.25, -0.2) is 4.39 Å². The number of nitrogens with one attached hydrogen (secondary N) is 2. The molecule has 35 heavy (non-hydrogen) atoms. The van der Waals surface area contributed by atoms with E-state index in [0.717, 1.165) is 17.5 Å². The van der Waals surface area contributed by atoms with E-state index >= 15 is 0 Å². The predicted molar refractivity (Wildman–Crippen MR) is 131 cm³/mol. The smallest absolute Gasteiger partial charge is 0.277 e. The third-order valence-corrected chi connectivity index (χ3v) is 5.50. The number of carbonyl (C=O) groups excluding carboxylic acids is 2. The standard InChI is InChI=1S/C25H21FN4O4S/c1-2-33-21-13-11-20(12-14-21)28-23(32)16-5-9-19(10-6-16)27-22(31)15-35-25-30-29-24(34-25)17-3-7-18(26)8-4-17/h3-14H,2,15H2,1H3,(H,27,31)(H,28,32). The molecule has 0 unspecified atom stereocenters. The molecular weight excluding hydrogens is 471 g/mol. The molecule has 178 valence electrons. The average Bonchev–Trinajstić information content (AvgIpc) is 3.34. The van der Waals surface area contributed by atoms with Crippen molar-refractivity contribution in [1.29, 1.82) is 0 Å². The van der Waals surface area contributed by atoms with Crippen LogP contribution in [0.5, 0.6) is 5.75 Å². The number of anilines is 2. The Hall–Kier alpha value is -4.18.